The van der Waals surface area contributed by atoms with E-state index in [1.807, 2.05) is 48.7 Å². The van der Waals surface area contributed by atoms with Crippen LogP contribution in [-0.2, 0) is 0 Å². The van der Waals surface area contributed by atoms with E-state index in [1.165, 1.54) is 5.06 Å². The lowest BCUT2D eigenvalue weighted by Gasteiger charge is -2.38. The zero-order chi connectivity index (χ0) is 22.8. The molecule has 1 fully saturated rings. The molecule has 1 aliphatic rings. The minimum atomic E-state index is 0.229. The molecule has 5 rings (SSSR count). The maximum atomic E-state index is 9.77. The van der Waals surface area contributed by atoms with Crippen molar-refractivity contribution in [3.63, 3.8) is 0 Å². The number of aromatic nitrogens is 2. The van der Waals surface area contributed by atoms with E-state index in [2.05, 4.69) is 46.4 Å². The SMILES string of the molecule is COc1ccc(-c2ccc3cnc(Nc4cccc(N5CCN(O)CC5C)c4)nc3c2)cc1. The van der Waals surface area contributed by atoms with Crippen molar-refractivity contribution in [3.8, 4) is 16.9 Å². The van der Waals surface area contributed by atoms with E-state index in [-0.39, 0.29) is 6.04 Å². The van der Waals surface area contributed by atoms with Gasteiger partial charge in [0.2, 0.25) is 5.95 Å². The second-order valence-electron chi connectivity index (χ2n) is 8.33. The Kier molecular flexibility index (Phi) is 5.81. The van der Waals surface area contributed by atoms with Gasteiger partial charge >= 0.3 is 0 Å². The molecule has 1 saturated heterocycles. The topological polar surface area (TPSA) is 73.8 Å². The average molecular weight is 442 g/mol. The first-order valence-corrected chi connectivity index (χ1v) is 11.1. The molecule has 0 radical (unpaired) electrons. The average Bonchev–Trinajstić information content (AvgIpc) is 2.84. The van der Waals surface area contributed by atoms with E-state index in [4.69, 9.17) is 9.72 Å². The molecular weight excluding hydrogens is 414 g/mol. The van der Waals surface area contributed by atoms with E-state index in [0.717, 1.165) is 45.7 Å². The van der Waals surface area contributed by atoms with Crippen LogP contribution in [0.4, 0.5) is 17.3 Å². The third-order valence-corrected chi connectivity index (χ3v) is 6.05. The summed E-state index contributed by atoms with van der Waals surface area (Å²) < 4.78 is 5.26. The van der Waals surface area contributed by atoms with Crippen molar-refractivity contribution in [1.82, 2.24) is 15.0 Å². The number of hydroxylamine groups is 2. The second-order valence-corrected chi connectivity index (χ2v) is 8.33. The lowest BCUT2D eigenvalue weighted by molar-refractivity contribution is -0.101. The monoisotopic (exact) mass is 441 g/mol. The molecular formula is C26H27N5O2. The summed E-state index contributed by atoms with van der Waals surface area (Å²) in [6, 6.07) is 22.7. The number of methoxy groups -OCH3 is 1. The minimum absolute atomic E-state index is 0.229. The van der Waals surface area contributed by atoms with Crippen molar-refractivity contribution < 1.29 is 9.94 Å². The second kappa shape index (κ2) is 9.05. The van der Waals surface area contributed by atoms with Gasteiger partial charge in [-0.3, -0.25) is 0 Å². The number of nitrogens with one attached hydrogen (secondary N) is 1. The molecule has 0 spiro atoms. The summed E-state index contributed by atoms with van der Waals surface area (Å²) in [6.07, 6.45) is 1.84. The van der Waals surface area contributed by atoms with Gasteiger partial charge in [-0.25, -0.2) is 9.97 Å². The fourth-order valence-electron chi connectivity index (χ4n) is 4.26. The number of hydrogen-bond acceptors (Lipinski definition) is 7. The Morgan fingerprint density at radius 1 is 1.00 bits per heavy atom. The lowest BCUT2D eigenvalue weighted by atomic mass is 10.0. The van der Waals surface area contributed by atoms with Crippen LogP contribution in [0, 0.1) is 0 Å². The summed E-state index contributed by atoms with van der Waals surface area (Å²) in [5, 5.41) is 15.5. The van der Waals surface area contributed by atoms with Crippen molar-refractivity contribution in [1.29, 1.82) is 0 Å². The molecule has 7 heteroatoms. The van der Waals surface area contributed by atoms with E-state index in [1.54, 1.807) is 7.11 Å². The van der Waals surface area contributed by atoms with Crippen molar-refractivity contribution in [2.45, 2.75) is 13.0 Å². The zero-order valence-corrected chi connectivity index (χ0v) is 18.8. The maximum absolute atomic E-state index is 9.77. The fourth-order valence-corrected chi connectivity index (χ4v) is 4.26. The number of ether oxygens (including phenoxy) is 1. The van der Waals surface area contributed by atoms with Gasteiger partial charge in [0.25, 0.3) is 0 Å². The van der Waals surface area contributed by atoms with Crippen LogP contribution >= 0.6 is 0 Å². The van der Waals surface area contributed by atoms with Crippen LogP contribution in [0.2, 0.25) is 0 Å². The molecule has 1 aliphatic heterocycles. The number of nitrogens with zero attached hydrogens (tertiary/aromatic N) is 4. The summed E-state index contributed by atoms with van der Waals surface area (Å²) in [6.45, 7) is 4.16. The summed E-state index contributed by atoms with van der Waals surface area (Å²) in [5.74, 6) is 1.39. The Hall–Kier alpha value is -3.68. The van der Waals surface area contributed by atoms with Crippen LogP contribution in [-0.4, -0.2) is 53.0 Å². The molecule has 0 aliphatic carbocycles. The van der Waals surface area contributed by atoms with Crippen LogP contribution in [0.25, 0.3) is 22.0 Å². The number of fused-ring (bicyclic) bond motifs is 1. The Bertz CT molecular complexity index is 1260. The molecule has 0 saturated carbocycles. The summed E-state index contributed by atoms with van der Waals surface area (Å²) in [4.78, 5) is 11.6. The molecule has 168 valence electrons. The predicted molar refractivity (Wildman–Crippen MR) is 131 cm³/mol. The Labute approximate surface area is 193 Å². The van der Waals surface area contributed by atoms with Gasteiger partial charge in [0.15, 0.2) is 0 Å². The van der Waals surface area contributed by atoms with Gasteiger partial charge in [0.05, 0.1) is 12.6 Å². The molecule has 2 heterocycles. The summed E-state index contributed by atoms with van der Waals surface area (Å²) >= 11 is 0. The maximum Gasteiger partial charge on any atom is 0.227 e. The molecule has 33 heavy (non-hydrogen) atoms. The number of benzene rings is 3. The Morgan fingerprint density at radius 3 is 2.61 bits per heavy atom. The largest absolute Gasteiger partial charge is 0.497 e. The van der Waals surface area contributed by atoms with E-state index >= 15 is 0 Å². The van der Waals surface area contributed by atoms with Gasteiger partial charge in [0, 0.05) is 48.6 Å². The fraction of sp³-hybridized carbons (Fsp3) is 0.231. The highest BCUT2D eigenvalue weighted by atomic mass is 16.5. The van der Waals surface area contributed by atoms with Crippen LogP contribution in [0.1, 0.15) is 6.92 Å². The van der Waals surface area contributed by atoms with E-state index in [0.29, 0.717) is 19.0 Å². The molecule has 0 bridgehead atoms. The van der Waals surface area contributed by atoms with Gasteiger partial charge in [0.1, 0.15) is 5.75 Å². The van der Waals surface area contributed by atoms with Gasteiger partial charge in [-0.2, -0.15) is 5.06 Å². The standard InChI is InChI=1S/C26H27N5O2/c1-18-17-30(32)12-13-31(18)23-5-3-4-22(15-23)28-26-27-16-21-7-6-20(14-25(21)29-26)19-8-10-24(33-2)11-9-19/h3-11,14-16,18,32H,12-13,17H2,1-2H3,(H,27,28,29). The van der Waals surface area contributed by atoms with Crippen molar-refractivity contribution in [3.05, 3.63) is 72.9 Å². The van der Waals surface area contributed by atoms with Crippen LogP contribution in [0.15, 0.2) is 72.9 Å². The normalized spacial score (nSPS) is 16.7. The van der Waals surface area contributed by atoms with Gasteiger partial charge in [-0.1, -0.05) is 30.3 Å². The molecule has 7 nitrogen and oxygen atoms in total. The van der Waals surface area contributed by atoms with Crippen molar-refractivity contribution in [2.75, 3.05) is 37.0 Å². The predicted octanol–water partition coefficient (Wildman–Crippen LogP) is 4.95. The first-order chi connectivity index (χ1) is 16.1. The van der Waals surface area contributed by atoms with Gasteiger partial charge < -0.3 is 20.2 Å². The van der Waals surface area contributed by atoms with E-state index < -0.39 is 0 Å². The highest BCUT2D eigenvalue weighted by Crippen LogP contribution is 2.27. The molecule has 1 unspecified atom stereocenters. The number of anilines is 3. The van der Waals surface area contributed by atoms with Gasteiger partial charge in [-0.15, -0.1) is 0 Å². The third kappa shape index (κ3) is 4.60. The summed E-state index contributed by atoms with van der Waals surface area (Å²) in [5.41, 5.74) is 5.12. The first kappa shape index (κ1) is 21.2. The minimum Gasteiger partial charge on any atom is -0.497 e. The summed E-state index contributed by atoms with van der Waals surface area (Å²) in [7, 11) is 1.67. The zero-order valence-electron chi connectivity index (χ0n) is 18.8. The smallest absolute Gasteiger partial charge is 0.227 e. The van der Waals surface area contributed by atoms with Crippen LogP contribution < -0.4 is 15.0 Å². The quantitative estimate of drug-likeness (QED) is 0.454. The molecule has 1 atom stereocenters. The number of rotatable bonds is 5. The molecule has 1 aromatic heterocycles. The van der Waals surface area contributed by atoms with E-state index in [9.17, 15) is 5.21 Å². The highest BCUT2D eigenvalue weighted by molar-refractivity contribution is 5.84. The Morgan fingerprint density at radius 2 is 1.82 bits per heavy atom. The molecule has 2 N–H and O–H groups in total. The third-order valence-electron chi connectivity index (χ3n) is 6.05. The molecule has 0 amide bonds. The van der Waals surface area contributed by atoms with Gasteiger partial charge in [-0.05, 0) is 54.4 Å². The highest BCUT2D eigenvalue weighted by Gasteiger charge is 2.23. The lowest BCUT2D eigenvalue weighted by Crippen LogP contribution is -2.50. The Balaban J connectivity index is 1.39. The number of hydrogen-bond donors (Lipinski definition) is 2. The van der Waals surface area contributed by atoms with Crippen molar-refractivity contribution >= 4 is 28.2 Å². The molecule has 3 aromatic carbocycles. The van der Waals surface area contributed by atoms with Crippen LogP contribution in [0.3, 0.4) is 0 Å². The molecule has 4 aromatic rings. The number of piperazine rings is 1. The van der Waals surface area contributed by atoms with Crippen LogP contribution in [0.5, 0.6) is 5.75 Å². The van der Waals surface area contributed by atoms with Crippen molar-refractivity contribution in [2.24, 2.45) is 0 Å². The first-order valence-electron chi connectivity index (χ1n) is 11.1.